The van der Waals surface area contributed by atoms with Gasteiger partial charge in [0, 0.05) is 16.2 Å². The second kappa shape index (κ2) is 5.38. The monoisotopic (exact) mass is 315 g/mol. The topological polar surface area (TPSA) is 12.0 Å². The first-order valence-corrected chi connectivity index (χ1v) is 7.59. The second-order valence-corrected chi connectivity index (χ2v) is 6.26. The highest BCUT2D eigenvalue weighted by molar-refractivity contribution is 9.10. The lowest BCUT2D eigenvalue weighted by Gasteiger charge is -2.37. The maximum Gasteiger partial charge on any atom is 0.0486 e. The summed E-state index contributed by atoms with van der Waals surface area (Å²) < 4.78 is 1.15. The van der Waals surface area contributed by atoms with Gasteiger partial charge >= 0.3 is 0 Å². The number of nitrogens with one attached hydrogen (secondary N) is 1. The predicted octanol–water partition coefficient (Wildman–Crippen LogP) is 5.12. The average molecular weight is 316 g/mol. The molecule has 0 atom stereocenters. The SMILES string of the molecule is Cc1cccc(C2CC(Nc3ccccc3Br)C2)c1. The van der Waals surface area contributed by atoms with Gasteiger partial charge in [-0.1, -0.05) is 42.0 Å². The van der Waals surface area contributed by atoms with Crippen molar-refractivity contribution in [2.24, 2.45) is 0 Å². The smallest absolute Gasteiger partial charge is 0.0486 e. The first-order valence-electron chi connectivity index (χ1n) is 6.80. The van der Waals surface area contributed by atoms with Crippen LogP contribution in [0, 0.1) is 6.92 Å². The molecule has 0 aromatic heterocycles. The van der Waals surface area contributed by atoms with Crippen molar-refractivity contribution in [1.29, 1.82) is 0 Å². The lowest BCUT2D eigenvalue weighted by Crippen LogP contribution is -2.34. The summed E-state index contributed by atoms with van der Waals surface area (Å²) in [5, 5.41) is 3.61. The standard InChI is InChI=1S/C17H18BrN/c1-12-5-4-6-13(9-12)14-10-15(11-14)19-17-8-3-2-7-16(17)18/h2-9,14-15,19H,10-11H2,1H3. The van der Waals surface area contributed by atoms with Crippen LogP contribution in [0.5, 0.6) is 0 Å². The van der Waals surface area contributed by atoms with Gasteiger partial charge in [0.15, 0.2) is 0 Å². The van der Waals surface area contributed by atoms with E-state index in [-0.39, 0.29) is 0 Å². The van der Waals surface area contributed by atoms with Crippen LogP contribution in [0.25, 0.3) is 0 Å². The molecular formula is C17H18BrN. The van der Waals surface area contributed by atoms with E-state index in [2.05, 4.69) is 70.6 Å². The number of hydrogen-bond donors (Lipinski definition) is 1. The van der Waals surface area contributed by atoms with Gasteiger partial charge in [0.1, 0.15) is 0 Å². The molecule has 1 N–H and O–H groups in total. The summed E-state index contributed by atoms with van der Waals surface area (Å²) in [6.07, 6.45) is 2.45. The van der Waals surface area contributed by atoms with E-state index in [0.717, 1.165) is 10.4 Å². The Hall–Kier alpha value is -1.28. The molecule has 1 aliphatic carbocycles. The van der Waals surface area contributed by atoms with E-state index in [4.69, 9.17) is 0 Å². The molecule has 98 valence electrons. The Kier molecular flexibility index (Phi) is 3.61. The molecule has 0 saturated heterocycles. The molecule has 0 bridgehead atoms. The largest absolute Gasteiger partial charge is 0.381 e. The van der Waals surface area contributed by atoms with Crippen molar-refractivity contribution in [3.8, 4) is 0 Å². The number of anilines is 1. The number of hydrogen-bond acceptors (Lipinski definition) is 1. The second-order valence-electron chi connectivity index (χ2n) is 5.40. The van der Waals surface area contributed by atoms with Crippen LogP contribution in [0.3, 0.4) is 0 Å². The van der Waals surface area contributed by atoms with E-state index in [1.165, 1.54) is 29.7 Å². The van der Waals surface area contributed by atoms with Crippen LogP contribution in [0.4, 0.5) is 5.69 Å². The van der Waals surface area contributed by atoms with Crippen LogP contribution in [-0.4, -0.2) is 6.04 Å². The zero-order chi connectivity index (χ0) is 13.2. The third kappa shape index (κ3) is 2.84. The van der Waals surface area contributed by atoms with Crippen molar-refractivity contribution in [2.45, 2.75) is 31.7 Å². The molecule has 0 heterocycles. The Balaban J connectivity index is 1.60. The number of benzene rings is 2. The van der Waals surface area contributed by atoms with E-state index in [1.54, 1.807) is 0 Å². The summed E-state index contributed by atoms with van der Waals surface area (Å²) in [6.45, 7) is 2.17. The number of rotatable bonds is 3. The summed E-state index contributed by atoms with van der Waals surface area (Å²) in [4.78, 5) is 0. The highest BCUT2D eigenvalue weighted by Gasteiger charge is 2.30. The van der Waals surface area contributed by atoms with Crippen LogP contribution in [0.15, 0.2) is 53.0 Å². The zero-order valence-corrected chi connectivity index (χ0v) is 12.7. The van der Waals surface area contributed by atoms with E-state index in [1.807, 2.05) is 6.07 Å². The Morgan fingerprint density at radius 1 is 1.05 bits per heavy atom. The van der Waals surface area contributed by atoms with Crippen LogP contribution in [0.1, 0.15) is 29.9 Å². The summed E-state index contributed by atoms with van der Waals surface area (Å²) in [5.74, 6) is 0.722. The Labute approximate surface area is 123 Å². The Morgan fingerprint density at radius 3 is 2.58 bits per heavy atom. The molecule has 1 nitrogen and oxygen atoms in total. The van der Waals surface area contributed by atoms with Gasteiger partial charge in [0.25, 0.3) is 0 Å². The fraction of sp³-hybridized carbons (Fsp3) is 0.294. The lowest BCUT2D eigenvalue weighted by atomic mass is 9.75. The quantitative estimate of drug-likeness (QED) is 0.829. The summed E-state index contributed by atoms with van der Waals surface area (Å²) >= 11 is 3.59. The molecule has 2 aromatic rings. The average Bonchev–Trinajstić information content (AvgIpc) is 2.35. The molecule has 0 unspecified atom stereocenters. The summed E-state index contributed by atoms with van der Waals surface area (Å²) in [6, 6.07) is 17.8. The highest BCUT2D eigenvalue weighted by Crippen LogP contribution is 2.39. The van der Waals surface area contributed by atoms with E-state index >= 15 is 0 Å². The van der Waals surface area contributed by atoms with Crippen molar-refractivity contribution in [1.82, 2.24) is 0 Å². The number of halogens is 1. The van der Waals surface area contributed by atoms with Gasteiger partial charge in [-0.05, 0) is 59.3 Å². The van der Waals surface area contributed by atoms with Crippen molar-refractivity contribution >= 4 is 21.6 Å². The first kappa shape index (κ1) is 12.7. The maximum absolute atomic E-state index is 3.61. The zero-order valence-electron chi connectivity index (χ0n) is 11.1. The fourth-order valence-electron chi connectivity index (χ4n) is 2.73. The van der Waals surface area contributed by atoms with Crippen molar-refractivity contribution < 1.29 is 0 Å². The minimum Gasteiger partial charge on any atom is -0.381 e. The molecule has 1 aliphatic rings. The van der Waals surface area contributed by atoms with E-state index in [9.17, 15) is 0 Å². The Morgan fingerprint density at radius 2 is 1.84 bits per heavy atom. The lowest BCUT2D eigenvalue weighted by molar-refractivity contribution is 0.374. The predicted molar refractivity (Wildman–Crippen MR) is 84.7 cm³/mol. The van der Waals surface area contributed by atoms with Gasteiger partial charge < -0.3 is 5.32 Å². The highest BCUT2D eigenvalue weighted by atomic mass is 79.9. The first-order chi connectivity index (χ1) is 9.22. The molecule has 3 rings (SSSR count). The fourth-order valence-corrected chi connectivity index (χ4v) is 3.13. The summed E-state index contributed by atoms with van der Waals surface area (Å²) in [5.41, 5.74) is 4.06. The number of para-hydroxylation sites is 1. The summed E-state index contributed by atoms with van der Waals surface area (Å²) in [7, 11) is 0. The molecule has 19 heavy (non-hydrogen) atoms. The van der Waals surface area contributed by atoms with Crippen LogP contribution in [-0.2, 0) is 0 Å². The van der Waals surface area contributed by atoms with Gasteiger partial charge in [-0.2, -0.15) is 0 Å². The van der Waals surface area contributed by atoms with Crippen molar-refractivity contribution in [2.75, 3.05) is 5.32 Å². The van der Waals surface area contributed by atoms with Gasteiger partial charge in [0.2, 0.25) is 0 Å². The minimum absolute atomic E-state index is 0.601. The third-order valence-corrected chi connectivity index (χ3v) is 4.58. The van der Waals surface area contributed by atoms with Gasteiger partial charge in [0.05, 0.1) is 0 Å². The van der Waals surface area contributed by atoms with Crippen LogP contribution in [0.2, 0.25) is 0 Å². The molecule has 1 saturated carbocycles. The maximum atomic E-state index is 3.61. The van der Waals surface area contributed by atoms with Gasteiger partial charge in [-0.25, -0.2) is 0 Å². The van der Waals surface area contributed by atoms with E-state index < -0.39 is 0 Å². The van der Waals surface area contributed by atoms with Crippen LogP contribution < -0.4 is 5.32 Å². The minimum atomic E-state index is 0.601. The third-order valence-electron chi connectivity index (χ3n) is 3.89. The van der Waals surface area contributed by atoms with Crippen molar-refractivity contribution in [3.63, 3.8) is 0 Å². The molecular weight excluding hydrogens is 298 g/mol. The van der Waals surface area contributed by atoms with Crippen molar-refractivity contribution in [3.05, 3.63) is 64.1 Å². The molecule has 1 fully saturated rings. The van der Waals surface area contributed by atoms with Crippen LogP contribution >= 0.6 is 15.9 Å². The molecule has 0 amide bonds. The van der Waals surface area contributed by atoms with Gasteiger partial charge in [-0.15, -0.1) is 0 Å². The molecule has 2 aromatic carbocycles. The normalized spacial score (nSPS) is 21.8. The molecule has 0 spiro atoms. The molecule has 2 heteroatoms. The Bertz CT molecular complexity index is 573. The van der Waals surface area contributed by atoms with Gasteiger partial charge in [-0.3, -0.25) is 0 Å². The van der Waals surface area contributed by atoms with E-state index in [0.29, 0.717) is 6.04 Å². The molecule has 0 aliphatic heterocycles. The number of aryl methyl sites for hydroxylation is 1. The molecule has 0 radical (unpaired) electrons.